The maximum Gasteiger partial charge on any atom is 0.248 e. The molecular weight excluding hydrogens is 436 g/mol. The van der Waals surface area contributed by atoms with Gasteiger partial charge in [-0.05, 0) is 55.2 Å². The summed E-state index contributed by atoms with van der Waals surface area (Å²) in [6, 6.07) is 12.2. The first-order valence-corrected chi connectivity index (χ1v) is 12.0. The van der Waals surface area contributed by atoms with Gasteiger partial charge >= 0.3 is 0 Å². The molecule has 4 N–H and O–H groups in total. The lowest BCUT2D eigenvalue weighted by Gasteiger charge is -2.27. The van der Waals surface area contributed by atoms with Gasteiger partial charge in [-0.25, -0.2) is 0 Å². The first-order valence-electron chi connectivity index (χ1n) is 12.0. The average Bonchev–Trinajstić information content (AvgIpc) is 3.67. The molecule has 34 heavy (non-hydrogen) atoms. The van der Waals surface area contributed by atoms with Crippen LogP contribution in [0.4, 0.5) is 0 Å². The van der Waals surface area contributed by atoms with E-state index in [-0.39, 0.29) is 12.7 Å². The van der Waals surface area contributed by atoms with Gasteiger partial charge in [0.15, 0.2) is 11.5 Å². The Balaban J connectivity index is 1.09. The van der Waals surface area contributed by atoms with Crippen molar-refractivity contribution in [1.29, 1.82) is 0 Å². The molecule has 2 aromatic carbocycles. The minimum atomic E-state index is -0.668. The first kappa shape index (κ1) is 24.2. The van der Waals surface area contributed by atoms with Crippen LogP contribution in [0.1, 0.15) is 42.5 Å². The van der Waals surface area contributed by atoms with Gasteiger partial charge in [0.2, 0.25) is 5.91 Å². The minimum Gasteiger partial charge on any atom is -0.492 e. The fourth-order valence-corrected chi connectivity index (χ4v) is 3.84. The number of carbonyl (C=O) groups is 1. The molecule has 8 nitrogen and oxygen atoms in total. The molecule has 1 saturated carbocycles. The third-order valence-corrected chi connectivity index (χ3v) is 5.98. The highest BCUT2D eigenvalue weighted by Gasteiger charge is 2.24. The van der Waals surface area contributed by atoms with Crippen LogP contribution in [0.25, 0.3) is 0 Å². The van der Waals surface area contributed by atoms with E-state index in [1.807, 2.05) is 18.2 Å². The van der Waals surface area contributed by atoms with Gasteiger partial charge in [-0.1, -0.05) is 19.3 Å². The molecular formula is C26H34N2O6. The van der Waals surface area contributed by atoms with Crippen molar-refractivity contribution in [3.63, 3.8) is 0 Å². The fourth-order valence-electron chi connectivity index (χ4n) is 3.84. The molecule has 0 radical (unpaired) electrons. The Kier molecular flexibility index (Phi) is 8.49. The highest BCUT2D eigenvalue weighted by atomic mass is 16.6. The molecule has 1 fully saturated rings. The van der Waals surface area contributed by atoms with E-state index in [1.54, 1.807) is 24.3 Å². The summed E-state index contributed by atoms with van der Waals surface area (Å²) >= 11 is 0. The van der Waals surface area contributed by atoms with Crippen LogP contribution in [0.15, 0.2) is 42.5 Å². The summed E-state index contributed by atoms with van der Waals surface area (Å²) in [7, 11) is 0. The van der Waals surface area contributed by atoms with Gasteiger partial charge in [0, 0.05) is 24.7 Å². The largest absolute Gasteiger partial charge is 0.492 e. The molecule has 1 aliphatic carbocycles. The second kappa shape index (κ2) is 11.9. The summed E-state index contributed by atoms with van der Waals surface area (Å²) in [5.74, 6) is 3.20. The molecule has 1 amide bonds. The van der Waals surface area contributed by atoms with Gasteiger partial charge in [-0.15, -0.1) is 0 Å². The van der Waals surface area contributed by atoms with E-state index in [9.17, 15) is 9.90 Å². The number of nitrogens with one attached hydrogen (secondary N) is 1. The van der Waals surface area contributed by atoms with Crippen LogP contribution in [0.5, 0.6) is 23.0 Å². The number of hydrogen-bond donors (Lipinski definition) is 3. The van der Waals surface area contributed by atoms with Crippen molar-refractivity contribution in [2.24, 2.45) is 11.7 Å². The Morgan fingerprint density at radius 1 is 1.09 bits per heavy atom. The van der Waals surface area contributed by atoms with Crippen molar-refractivity contribution in [2.45, 2.75) is 44.3 Å². The third kappa shape index (κ3) is 7.53. The minimum absolute atomic E-state index is 0.115. The van der Waals surface area contributed by atoms with Crippen molar-refractivity contribution in [3.05, 3.63) is 48.0 Å². The van der Waals surface area contributed by atoms with Gasteiger partial charge < -0.3 is 35.1 Å². The number of aliphatic hydroxyl groups excluding tert-OH is 1. The summed E-state index contributed by atoms with van der Waals surface area (Å²) in [5.41, 5.74) is 5.66. The highest BCUT2D eigenvalue weighted by molar-refractivity contribution is 5.92. The Labute approximate surface area is 200 Å². The van der Waals surface area contributed by atoms with E-state index < -0.39 is 12.0 Å². The summed E-state index contributed by atoms with van der Waals surface area (Å²) in [5, 5.41) is 13.3. The molecule has 1 aliphatic heterocycles. The van der Waals surface area contributed by atoms with Gasteiger partial charge in [0.1, 0.15) is 43.5 Å². The SMILES string of the molecule is NC(=O)c1ccc(OCCNC[C@H](O)COc2ccc3c(c2)OC[C@@H](CCCC2CC2)O3)cc1. The Morgan fingerprint density at radius 3 is 2.65 bits per heavy atom. The Morgan fingerprint density at radius 2 is 1.88 bits per heavy atom. The quantitative estimate of drug-likeness (QED) is 0.364. The van der Waals surface area contributed by atoms with Crippen molar-refractivity contribution in [3.8, 4) is 23.0 Å². The number of primary amides is 1. The topological polar surface area (TPSA) is 112 Å². The number of benzene rings is 2. The van der Waals surface area contributed by atoms with Crippen LogP contribution in [-0.2, 0) is 0 Å². The lowest BCUT2D eigenvalue weighted by atomic mass is 10.1. The molecule has 184 valence electrons. The molecule has 2 aliphatic rings. The summed E-state index contributed by atoms with van der Waals surface area (Å²) in [6.07, 6.45) is 5.75. The second-order valence-electron chi connectivity index (χ2n) is 8.94. The van der Waals surface area contributed by atoms with Crippen LogP contribution >= 0.6 is 0 Å². The van der Waals surface area contributed by atoms with Crippen LogP contribution in [0.2, 0.25) is 0 Å². The van der Waals surface area contributed by atoms with Crippen LogP contribution < -0.4 is 30.0 Å². The summed E-state index contributed by atoms with van der Waals surface area (Å²) in [6.45, 7) is 2.07. The number of hydrogen-bond acceptors (Lipinski definition) is 7. The molecule has 1 heterocycles. The van der Waals surface area contributed by atoms with Crippen molar-refractivity contribution in [1.82, 2.24) is 5.32 Å². The smallest absolute Gasteiger partial charge is 0.248 e. The zero-order chi connectivity index (χ0) is 23.8. The van der Waals surface area contributed by atoms with Gasteiger partial charge in [0.25, 0.3) is 0 Å². The summed E-state index contributed by atoms with van der Waals surface area (Å²) < 4.78 is 23.3. The van der Waals surface area contributed by atoms with E-state index in [0.29, 0.717) is 49.1 Å². The van der Waals surface area contributed by atoms with Crippen LogP contribution in [-0.4, -0.2) is 56.1 Å². The molecule has 0 spiro atoms. The highest BCUT2D eigenvalue weighted by Crippen LogP contribution is 2.37. The summed E-state index contributed by atoms with van der Waals surface area (Å²) in [4.78, 5) is 11.1. The van der Waals surface area contributed by atoms with Gasteiger partial charge in [-0.2, -0.15) is 0 Å². The molecule has 0 bridgehead atoms. The molecule has 4 rings (SSSR count). The van der Waals surface area contributed by atoms with Crippen molar-refractivity contribution >= 4 is 5.91 Å². The molecule has 2 aromatic rings. The lowest BCUT2D eigenvalue weighted by molar-refractivity contribution is 0.0810. The van der Waals surface area contributed by atoms with E-state index in [1.165, 1.54) is 25.7 Å². The molecule has 0 unspecified atom stereocenters. The van der Waals surface area contributed by atoms with Gasteiger partial charge in [0.05, 0.1) is 0 Å². The second-order valence-corrected chi connectivity index (χ2v) is 8.94. The van der Waals surface area contributed by atoms with E-state index in [2.05, 4.69) is 5.32 Å². The molecule has 0 saturated heterocycles. The monoisotopic (exact) mass is 470 g/mol. The number of amides is 1. The zero-order valence-corrected chi connectivity index (χ0v) is 19.4. The molecule has 0 aromatic heterocycles. The first-order chi connectivity index (χ1) is 16.6. The van der Waals surface area contributed by atoms with Crippen molar-refractivity contribution in [2.75, 3.05) is 32.9 Å². The number of nitrogens with two attached hydrogens (primary N) is 1. The molecule has 2 atom stereocenters. The number of rotatable bonds is 14. The number of aliphatic hydroxyl groups is 1. The maximum absolute atomic E-state index is 11.1. The van der Waals surface area contributed by atoms with E-state index in [0.717, 1.165) is 18.1 Å². The maximum atomic E-state index is 11.1. The fraction of sp³-hybridized carbons (Fsp3) is 0.500. The van der Waals surface area contributed by atoms with E-state index in [4.69, 9.17) is 24.7 Å². The Hall–Kier alpha value is -2.97. The predicted molar refractivity (Wildman–Crippen MR) is 128 cm³/mol. The normalized spacial score (nSPS) is 17.7. The van der Waals surface area contributed by atoms with Gasteiger partial charge in [-0.3, -0.25) is 4.79 Å². The third-order valence-electron chi connectivity index (χ3n) is 5.98. The standard InChI is InChI=1S/C26H34N2O6/c27-26(30)19-6-8-21(9-7-19)31-13-12-28-15-20(29)16-32-22-10-11-24-25(14-22)33-17-23(34-24)3-1-2-18-4-5-18/h6-11,14,18,20,23,28-29H,1-5,12-13,15-17H2,(H2,27,30)/t20-,23+/m0/s1. The Bertz CT molecular complexity index is 931. The van der Waals surface area contributed by atoms with Crippen molar-refractivity contribution < 1.29 is 28.8 Å². The number of fused-ring (bicyclic) bond motifs is 1. The molecule has 8 heteroatoms. The lowest BCUT2D eigenvalue weighted by Crippen LogP contribution is -2.33. The average molecular weight is 471 g/mol. The predicted octanol–water partition coefficient (Wildman–Crippen LogP) is 2.91. The van der Waals surface area contributed by atoms with Crippen LogP contribution in [0.3, 0.4) is 0 Å². The van der Waals surface area contributed by atoms with E-state index >= 15 is 0 Å². The van der Waals surface area contributed by atoms with Crippen LogP contribution in [0, 0.1) is 5.92 Å². The number of carbonyl (C=O) groups excluding carboxylic acids is 1. The number of ether oxygens (including phenoxy) is 4. The zero-order valence-electron chi connectivity index (χ0n) is 19.4.